The molecular formula is C11H12BrNO5. The van der Waals surface area contributed by atoms with Crippen molar-refractivity contribution in [3.8, 4) is 5.75 Å². The second kappa shape index (κ2) is 6.34. The van der Waals surface area contributed by atoms with Gasteiger partial charge in [-0.2, -0.15) is 0 Å². The van der Waals surface area contributed by atoms with E-state index in [2.05, 4.69) is 15.9 Å². The van der Waals surface area contributed by atoms with Crippen LogP contribution in [0.5, 0.6) is 5.75 Å². The maximum Gasteiger partial charge on any atom is 0.345 e. The summed E-state index contributed by atoms with van der Waals surface area (Å²) in [5.74, 6) is -0.360. The van der Waals surface area contributed by atoms with E-state index in [-0.39, 0.29) is 17.9 Å². The third-order valence-corrected chi connectivity index (χ3v) is 2.84. The molecule has 0 spiro atoms. The number of methoxy groups -OCH3 is 1. The Labute approximate surface area is 112 Å². The van der Waals surface area contributed by atoms with Gasteiger partial charge in [0.15, 0.2) is 0 Å². The number of hydrogen-bond donors (Lipinski definition) is 0. The first-order valence-corrected chi connectivity index (χ1v) is 6.25. The van der Waals surface area contributed by atoms with Crippen LogP contribution in [0.15, 0.2) is 12.1 Å². The van der Waals surface area contributed by atoms with Gasteiger partial charge in [-0.25, -0.2) is 4.79 Å². The van der Waals surface area contributed by atoms with Crippen molar-refractivity contribution in [2.75, 3.05) is 13.7 Å². The van der Waals surface area contributed by atoms with Gasteiger partial charge in [0.25, 0.3) is 5.69 Å². The van der Waals surface area contributed by atoms with Gasteiger partial charge in [-0.05, 0) is 13.0 Å². The molecule has 0 N–H and O–H groups in total. The summed E-state index contributed by atoms with van der Waals surface area (Å²) in [7, 11) is 1.41. The molecule has 0 saturated carbocycles. The average Bonchev–Trinajstić information content (AvgIpc) is 2.37. The predicted molar refractivity (Wildman–Crippen MR) is 68.2 cm³/mol. The summed E-state index contributed by atoms with van der Waals surface area (Å²) in [5.41, 5.74) is 0.248. The monoisotopic (exact) mass is 317 g/mol. The fraction of sp³-hybridized carbons (Fsp3) is 0.364. The Morgan fingerprint density at radius 2 is 2.17 bits per heavy atom. The number of halogens is 1. The fourth-order valence-corrected chi connectivity index (χ4v) is 1.87. The molecule has 0 fully saturated rings. The highest BCUT2D eigenvalue weighted by molar-refractivity contribution is 9.08. The van der Waals surface area contributed by atoms with Gasteiger partial charge in [-0.3, -0.25) is 10.1 Å². The first-order valence-electron chi connectivity index (χ1n) is 5.13. The molecule has 1 aromatic carbocycles. The number of rotatable bonds is 5. The van der Waals surface area contributed by atoms with Gasteiger partial charge in [0.1, 0.15) is 11.3 Å². The van der Waals surface area contributed by atoms with Crippen molar-refractivity contribution < 1.29 is 19.2 Å². The number of alkyl halides is 1. The minimum absolute atomic E-state index is 0.0721. The van der Waals surface area contributed by atoms with Crippen molar-refractivity contribution >= 4 is 27.6 Å². The molecule has 1 rings (SSSR count). The molecule has 0 saturated heterocycles. The lowest BCUT2D eigenvalue weighted by Gasteiger charge is -2.09. The van der Waals surface area contributed by atoms with Crippen molar-refractivity contribution in [2.24, 2.45) is 0 Å². The van der Waals surface area contributed by atoms with Crippen LogP contribution in [-0.4, -0.2) is 24.6 Å². The zero-order chi connectivity index (χ0) is 13.7. The van der Waals surface area contributed by atoms with Crippen molar-refractivity contribution in [3.05, 3.63) is 33.4 Å². The van der Waals surface area contributed by atoms with E-state index >= 15 is 0 Å². The van der Waals surface area contributed by atoms with E-state index in [0.717, 1.165) is 0 Å². The smallest absolute Gasteiger partial charge is 0.345 e. The summed E-state index contributed by atoms with van der Waals surface area (Å²) in [5, 5.41) is 11.3. The minimum Gasteiger partial charge on any atom is -0.496 e. The Bertz CT molecular complexity index is 475. The zero-order valence-electron chi connectivity index (χ0n) is 9.94. The Morgan fingerprint density at radius 1 is 1.50 bits per heavy atom. The summed E-state index contributed by atoms with van der Waals surface area (Å²) < 4.78 is 9.83. The zero-order valence-corrected chi connectivity index (χ0v) is 11.5. The van der Waals surface area contributed by atoms with Gasteiger partial charge in [0.2, 0.25) is 0 Å². The average molecular weight is 318 g/mol. The number of hydrogen-bond acceptors (Lipinski definition) is 5. The van der Waals surface area contributed by atoms with Crippen molar-refractivity contribution in [3.63, 3.8) is 0 Å². The highest BCUT2D eigenvalue weighted by Gasteiger charge is 2.24. The van der Waals surface area contributed by atoms with Crippen LogP contribution in [0.3, 0.4) is 0 Å². The summed E-state index contributed by atoms with van der Waals surface area (Å²) in [4.78, 5) is 22.0. The van der Waals surface area contributed by atoms with E-state index in [4.69, 9.17) is 9.47 Å². The van der Waals surface area contributed by atoms with E-state index in [0.29, 0.717) is 16.6 Å². The molecule has 0 atom stereocenters. The minimum atomic E-state index is -0.714. The van der Waals surface area contributed by atoms with Crippen LogP contribution in [-0.2, 0) is 10.1 Å². The molecule has 1 aromatic rings. The number of nitro benzene ring substituents is 1. The molecule has 0 aliphatic rings. The van der Waals surface area contributed by atoms with Crippen LogP contribution in [0.2, 0.25) is 0 Å². The third-order valence-electron chi connectivity index (χ3n) is 2.23. The van der Waals surface area contributed by atoms with Gasteiger partial charge in [0, 0.05) is 10.9 Å². The molecule has 0 aliphatic carbocycles. The number of benzene rings is 1. The summed E-state index contributed by atoms with van der Waals surface area (Å²) >= 11 is 3.23. The SMILES string of the molecule is CCOC(=O)c1cc(CBr)c(OC)cc1[N+](=O)[O-]. The third kappa shape index (κ3) is 2.98. The van der Waals surface area contributed by atoms with E-state index in [1.807, 2.05) is 0 Å². The molecule has 7 heteroatoms. The van der Waals surface area contributed by atoms with Crippen LogP contribution in [0.25, 0.3) is 0 Å². The van der Waals surface area contributed by atoms with Crippen LogP contribution in [0.4, 0.5) is 5.69 Å². The second-order valence-electron chi connectivity index (χ2n) is 3.29. The van der Waals surface area contributed by atoms with Crippen molar-refractivity contribution in [2.45, 2.75) is 12.3 Å². The van der Waals surface area contributed by atoms with Crippen LogP contribution < -0.4 is 4.74 Å². The molecule has 0 unspecified atom stereocenters. The molecule has 0 aromatic heterocycles. The summed E-state index contributed by atoms with van der Waals surface area (Å²) in [6.45, 7) is 1.80. The molecular weight excluding hydrogens is 306 g/mol. The van der Waals surface area contributed by atoms with Crippen molar-refractivity contribution in [1.82, 2.24) is 0 Å². The molecule has 18 heavy (non-hydrogen) atoms. The predicted octanol–water partition coefficient (Wildman–Crippen LogP) is 2.68. The number of ether oxygens (including phenoxy) is 2. The fourth-order valence-electron chi connectivity index (χ4n) is 1.43. The quantitative estimate of drug-likeness (QED) is 0.361. The van der Waals surface area contributed by atoms with E-state index in [1.165, 1.54) is 19.2 Å². The molecule has 0 bridgehead atoms. The van der Waals surface area contributed by atoms with Gasteiger partial charge in [-0.15, -0.1) is 0 Å². The molecule has 0 amide bonds. The summed E-state index contributed by atoms with van der Waals surface area (Å²) in [6.07, 6.45) is 0. The largest absolute Gasteiger partial charge is 0.496 e. The van der Waals surface area contributed by atoms with E-state index < -0.39 is 10.9 Å². The molecule has 6 nitrogen and oxygen atoms in total. The lowest BCUT2D eigenvalue weighted by molar-refractivity contribution is -0.385. The lowest BCUT2D eigenvalue weighted by atomic mass is 10.1. The number of carbonyl (C=O) groups is 1. The molecule has 0 heterocycles. The summed E-state index contributed by atoms with van der Waals surface area (Å²) in [6, 6.07) is 2.63. The van der Waals surface area contributed by atoms with E-state index in [1.54, 1.807) is 6.92 Å². The first-order chi connectivity index (χ1) is 8.54. The van der Waals surface area contributed by atoms with Gasteiger partial charge >= 0.3 is 5.97 Å². The molecule has 0 radical (unpaired) electrons. The standard InChI is InChI=1S/C11H12BrNO5/c1-3-18-11(14)8-4-7(6-12)10(17-2)5-9(8)13(15)16/h4-5H,3,6H2,1-2H3. The van der Waals surface area contributed by atoms with Crippen LogP contribution in [0, 0.1) is 10.1 Å². The van der Waals surface area contributed by atoms with Gasteiger partial charge in [0.05, 0.1) is 24.7 Å². The highest BCUT2D eigenvalue weighted by atomic mass is 79.9. The Kier molecular flexibility index (Phi) is 5.08. The van der Waals surface area contributed by atoms with Crippen LogP contribution in [0.1, 0.15) is 22.8 Å². The number of nitrogens with zero attached hydrogens (tertiary/aromatic N) is 1. The Hall–Kier alpha value is -1.63. The first kappa shape index (κ1) is 14.4. The Morgan fingerprint density at radius 3 is 2.61 bits per heavy atom. The van der Waals surface area contributed by atoms with Gasteiger partial charge in [-0.1, -0.05) is 15.9 Å². The highest BCUT2D eigenvalue weighted by Crippen LogP contribution is 2.30. The normalized spacial score (nSPS) is 9.94. The number of carbonyl (C=O) groups excluding carboxylic acids is 1. The number of esters is 1. The maximum absolute atomic E-state index is 11.7. The number of nitro groups is 1. The molecule has 98 valence electrons. The Balaban J connectivity index is 3.37. The topological polar surface area (TPSA) is 78.7 Å². The lowest BCUT2D eigenvalue weighted by Crippen LogP contribution is -2.09. The van der Waals surface area contributed by atoms with Crippen molar-refractivity contribution in [1.29, 1.82) is 0 Å². The van der Waals surface area contributed by atoms with Crippen LogP contribution >= 0.6 is 15.9 Å². The maximum atomic E-state index is 11.7. The van der Waals surface area contributed by atoms with E-state index in [9.17, 15) is 14.9 Å². The van der Waals surface area contributed by atoms with Gasteiger partial charge < -0.3 is 9.47 Å². The molecule has 0 aliphatic heterocycles. The second-order valence-corrected chi connectivity index (χ2v) is 3.85.